The van der Waals surface area contributed by atoms with Crippen molar-refractivity contribution < 1.29 is 9.59 Å². The molecule has 2 amide bonds. The van der Waals surface area contributed by atoms with Crippen LogP contribution in [0.2, 0.25) is 0 Å². The SMILES string of the molecule is CN1CCN(C(=O)C2(c3ccccc3)CC2)CC12CCNC(=O)CC2. The molecule has 25 heavy (non-hydrogen) atoms. The first kappa shape index (κ1) is 16.6. The van der Waals surface area contributed by atoms with E-state index in [1.807, 2.05) is 18.2 Å². The van der Waals surface area contributed by atoms with Crippen LogP contribution in [0.4, 0.5) is 0 Å². The van der Waals surface area contributed by atoms with Gasteiger partial charge in [-0.1, -0.05) is 30.3 Å². The zero-order valence-electron chi connectivity index (χ0n) is 15.0. The first-order valence-corrected chi connectivity index (χ1v) is 9.39. The summed E-state index contributed by atoms with van der Waals surface area (Å²) < 4.78 is 0. The minimum absolute atomic E-state index is 0.0696. The fraction of sp³-hybridized carbons (Fsp3) is 0.600. The largest absolute Gasteiger partial charge is 0.356 e. The van der Waals surface area contributed by atoms with E-state index >= 15 is 0 Å². The van der Waals surface area contributed by atoms with Crippen molar-refractivity contribution in [2.75, 3.05) is 33.2 Å². The smallest absolute Gasteiger partial charge is 0.233 e. The molecule has 5 nitrogen and oxygen atoms in total. The molecule has 1 N–H and O–H groups in total. The van der Waals surface area contributed by atoms with Crippen LogP contribution < -0.4 is 5.32 Å². The Kier molecular flexibility index (Phi) is 4.07. The lowest BCUT2D eigenvalue weighted by molar-refractivity contribution is -0.139. The standard InChI is InChI=1S/C20H27N3O2/c1-22-13-14-23(15-19(22)8-7-17(24)21-12-11-19)18(25)20(9-10-20)16-5-3-2-4-6-16/h2-6H,7-15H2,1H3,(H,21,24). The van der Waals surface area contributed by atoms with Crippen molar-refractivity contribution in [2.24, 2.45) is 0 Å². The number of amides is 2. The van der Waals surface area contributed by atoms with E-state index in [-0.39, 0.29) is 22.8 Å². The van der Waals surface area contributed by atoms with E-state index in [1.165, 1.54) is 0 Å². The monoisotopic (exact) mass is 341 g/mol. The van der Waals surface area contributed by atoms with Crippen LogP contribution in [0.1, 0.15) is 37.7 Å². The van der Waals surface area contributed by atoms with Crippen LogP contribution in [0.3, 0.4) is 0 Å². The van der Waals surface area contributed by atoms with Crippen LogP contribution in [0.25, 0.3) is 0 Å². The van der Waals surface area contributed by atoms with Gasteiger partial charge in [-0.25, -0.2) is 0 Å². The minimum atomic E-state index is -0.294. The Labute approximate surface area is 149 Å². The van der Waals surface area contributed by atoms with Gasteiger partial charge in [-0.2, -0.15) is 0 Å². The quantitative estimate of drug-likeness (QED) is 0.888. The van der Waals surface area contributed by atoms with Crippen LogP contribution in [0, 0.1) is 0 Å². The maximum absolute atomic E-state index is 13.4. The third-order valence-corrected chi connectivity index (χ3v) is 6.50. The molecule has 1 atom stereocenters. The molecule has 2 saturated heterocycles. The van der Waals surface area contributed by atoms with Crippen molar-refractivity contribution >= 4 is 11.8 Å². The van der Waals surface area contributed by atoms with Gasteiger partial charge in [0, 0.05) is 38.1 Å². The van der Waals surface area contributed by atoms with Crippen LogP contribution in [-0.2, 0) is 15.0 Å². The van der Waals surface area contributed by atoms with Crippen molar-refractivity contribution in [1.82, 2.24) is 15.1 Å². The molecule has 134 valence electrons. The number of nitrogens with one attached hydrogen (secondary N) is 1. The molecule has 3 fully saturated rings. The number of benzene rings is 1. The third kappa shape index (κ3) is 2.84. The number of carbonyl (C=O) groups is 2. The molecular weight excluding hydrogens is 314 g/mol. The molecule has 2 aliphatic heterocycles. The van der Waals surface area contributed by atoms with Crippen molar-refractivity contribution in [3.63, 3.8) is 0 Å². The summed E-state index contributed by atoms with van der Waals surface area (Å²) in [7, 11) is 2.14. The van der Waals surface area contributed by atoms with Crippen LogP contribution in [-0.4, -0.2) is 60.4 Å². The van der Waals surface area contributed by atoms with Gasteiger partial charge >= 0.3 is 0 Å². The summed E-state index contributed by atoms with van der Waals surface area (Å²) in [5.74, 6) is 0.423. The molecule has 1 aliphatic carbocycles. The van der Waals surface area contributed by atoms with Gasteiger partial charge in [-0.3, -0.25) is 14.5 Å². The summed E-state index contributed by atoms with van der Waals surface area (Å²) >= 11 is 0. The number of rotatable bonds is 2. The molecule has 0 radical (unpaired) electrons. The van der Waals surface area contributed by atoms with Gasteiger partial charge in [0.2, 0.25) is 11.8 Å². The molecule has 0 bridgehead atoms. The highest BCUT2D eigenvalue weighted by atomic mass is 16.2. The Morgan fingerprint density at radius 2 is 1.84 bits per heavy atom. The van der Waals surface area contributed by atoms with Gasteiger partial charge in [0.1, 0.15) is 0 Å². The second kappa shape index (κ2) is 6.13. The average molecular weight is 341 g/mol. The number of hydrogen-bond acceptors (Lipinski definition) is 3. The van der Waals surface area contributed by atoms with Crippen molar-refractivity contribution in [1.29, 1.82) is 0 Å². The predicted molar refractivity (Wildman–Crippen MR) is 96.2 cm³/mol. The Morgan fingerprint density at radius 3 is 2.56 bits per heavy atom. The van der Waals surface area contributed by atoms with E-state index in [0.29, 0.717) is 13.0 Å². The van der Waals surface area contributed by atoms with Crippen molar-refractivity contribution in [2.45, 2.75) is 43.1 Å². The summed E-state index contributed by atoms with van der Waals surface area (Å²) in [4.78, 5) is 29.6. The van der Waals surface area contributed by atoms with E-state index in [1.54, 1.807) is 0 Å². The summed E-state index contributed by atoms with van der Waals surface area (Å²) in [6.45, 7) is 3.11. The third-order valence-electron chi connectivity index (χ3n) is 6.50. The number of likely N-dealkylation sites (N-methyl/N-ethyl adjacent to an activating group) is 1. The van der Waals surface area contributed by atoms with E-state index in [2.05, 4.69) is 34.3 Å². The molecule has 1 unspecified atom stereocenters. The van der Waals surface area contributed by atoms with Gasteiger partial charge < -0.3 is 10.2 Å². The number of carbonyl (C=O) groups excluding carboxylic acids is 2. The molecule has 4 rings (SSSR count). The fourth-order valence-electron chi connectivity index (χ4n) is 4.58. The zero-order chi connectivity index (χ0) is 17.5. The predicted octanol–water partition coefficient (Wildman–Crippen LogP) is 1.53. The second-order valence-electron chi connectivity index (χ2n) is 7.92. The first-order valence-electron chi connectivity index (χ1n) is 9.39. The average Bonchev–Trinajstić information content (AvgIpc) is 3.45. The number of nitrogens with zero attached hydrogens (tertiary/aromatic N) is 2. The summed E-state index contributed by atoms with van der Waals surface area (Å²) in [6.07, 6.45) is 4.20. The maximum atomic E-state index is 13.4. The fourth-order valence-corrected chi connectivity index (χ4v) is 4.58. The highest BCUT2D eigenvalue weighted by Crippen LogP contribution is 2.50. The van der Waals surface area contributed by atoms with E-state index in [9.17, 15) is 9.59 Å². The molecule has 1 aromatic rings. The lowest BCUT2D eigenvalue weighted by Crippen LogP contribution is -2.63. The molecule has 1 aromatic carbocycles. The maximum Gasteiger partial charge on any atom is 0.233 e. The minimum Gasteiger partial charge on any atom is -0.356 e. The molecule has 1 saturated carbocycles. The summed E-state index contributed by atoms with van der Waals surface area (Å²) in [6, 6.07) is 10.2. The lowest BCUT2D eigenvalue weighted by Gasteiger charge is -2.50. The molecular formula is C20H27N3O2. The number of hydrogen-bond donors (Lipinski definition) is 1. The van der Waals surface area contributed by atoms with Gasteiger partial charge in [0.15, 0.2) is 0 Å². The van der Waals surface area contributed by atoms with Crippen molar-refractivity contribution in [3.8, 4) is 0 Å². The zero-order valence-corrected chi connectivity index (χ0v) is 15.0. The Hall–Kier alpha value is -1.88. The second-order valence-corrected chi connectivity index (χ2v) is 7.92. The van der Waals surface area contributed by atoms with Crippen LogP contribution >= 0.6 is 0 Å². The van der Waals surface area contributed by atoms with Crippen LogP contribution in [0.5, 0.6) is 0 Å². The van der Waals surface area contributed by atoms with Gasteiger partial charge in [0.05, 0.1) is 5.41 Å². The molecule has 5 heteroatoms. The Morgan fingerprint density at radius 1 is 1.08 bits per heavy atom. The molecule has 1 spiro atoms. The van der Waals surface area contributed by atoms with E-state index in [0.717, 1.165) is 50.9 Å². The summed E-state index contributed by atoms with van der Waals surface area (Å²) in [5, 5.41) is 2.98. The normalized spacial score (nSPS) is 29.2. The Balaban J connectivity index is 1.55. The van der Waals surface area contributed by atoms with Gasteiger partial charge in [-0.05, 0) is 38.3 Å². The highest BCUT2D eigenvalue weighted by molar-refractivity contribution is 5.91. The molecule has 2 heterocycles. The molecule has 0 aromatic heterocycles. The first-order chi connectivity index (χ1) is 12.1. The van der Waals surface area contributed by atoms with Gasteiger partial charge in [-0.15, -0.1) is 0 Å². The van der Waals surface area contributed by atoms with Crippen molar-refractivity contribution in [3.05, 3.63) is 35.9 Å². The topological polar surface area (TPSA) is 52.6 Å². The Bertz CT molecular complexity index is 671. The highest BCUT2D eigenvalue weighted by Gasteiger charge is 2.54. The lowest BCUT2D eigenvalue weighted by atomic mass is 9.85. The van der Waals surface area contributed by atoms with E-state index in [4.69, 9.17) is 0 Å². The molecule has 3 aliphatic rings. The summed E-state index contributed by atoms with van der Waals surface area (Å²) in [5.41, 5.74) is 0.794. The van der Waals surface area contributed by atoms with E-state index < -0.39 is 0 Å². The van der Waals surface area contributed by atoms with Gasteiger partial charge in [0.25, 0.3) is 0 Å². The van der Waals surface area contributed by atoms with Crippen LogP contribution in [0.15, 0.2) is 30.3 Å². The number of piperazine rings is 1.